The predicted molar refractivity (Wildman–Crippen MR) is 69.5 cm³/mol. The van der Waals surface area contributed by atoms with Crippen molar-refractivity contribution in [2.45, 2.75) is 13.5 Å². The molecule has 1 aromatic carbocycles. The van der Waals surface area contributed by atoms with E-state index in [1.54, 1.807) is 23.7 Å². The Balaban J connectivity index is 2.35. The molecule has 94 valence electrons. The van der Waals surface area contributed by atoms with E-state index in [0.29, 0.717) is 22.3 Å². The van der Waals surface area contributed by atoms with Crippen LogP contribution in [0.15, 0.2) is 24.4 Å². The third kappa shape index (κ3) is 2.35. The Morgan fingerprint density at radius 2 is 2.17 bits per heavy atom. The Hall–Kier alpha value is -1.52. The number of nitrogens with zero attached hydrogens (tertiary/aromatic N) is 2. The zero-order valence-corrected chi connectivity index (χ0v) is 11.0. The molecule has 0 bridgehead atoms. The lowest BCUT2D eigenvalue weighted by Gasteiger charge is -2.08. The van der Waals surface area contributed by atoms with Crippen molar-refractivity contribution in [3.05, 3.63) is 51.3 Å². The van der Waals surface area contributed by atoms with Gasteiger partial charge in [-0.2, -0.15) is 5.10 Å². The lowest BCUT2D eigenvalue weighted by atomic mass is 10.2. The molecule has 4 nitrogen and oxygen atoms in total. The Kier molecular flexibility index (Phi) is 3.59. The van der Waals surface area contributed by atoms with Crippen molar-refractivity contribution in [3.8, 4) is 0 Å². The van der Waals surface area contributed by atoms with Gasteiger partial charge < -0.3 is 5.11 Å². The summed E-state index contributed by atoms with van der Waals surface area (Å²) >= 11 is 12.0. The van der Waals surface area contributed by atoms with Crippen molar-refractivity contribution in [2.75, 3.05) is 0 Å². The maximum atomic E-state index is 10.9. The number of hydrogen-bond acceptors (Lipinski definition) is 2. The number of carbonyl (C=O) groups is 1. The molecule has 1 N–H and O–H groups in total. The zero-order valence-electron chi connectivity index (χ0n) is 9.52. The fourth-order valence-corrected chi connectivity index (χ4v) is 2.03. The minimum Gasteiger partial charge on any atom is -0.478 e. The quantitative estimate of drug-likeness (QED) is 0.941. The number of aromatic nitrogens is 2. The molecule has 2 rings (SSSR count). The number of halogens is 2. The van der Waals surface area contributed by atoms with Gasteiger partial charge in [-0.15, -0.1) is 0 Å². The molecule has 0 aliphatic carbocycles. The maximum absolute atomic E-state index is 10.9. The molecule has 0 spiro atoms. The molecule has 0 atom stereocenters. The number of rotatable bonds is 3. The van der Waals surface area contributed by atoms with Gasteiger partial charge in [-0.3, -0.25) is 4.68 Å². The molecular weight excluding hydrogens is 275 g/mol. The van der Waals surface area contributed by atoms with E-state index in [1.807, 2.05) is 6.07 Å². The molecule has 0 fully saturated rings. The summed E-state index contributed by atoms with van der Waals surface area (Å²) in [6, 6.07) is 5.32. The van der Waals surface area contributed by atoms with Crippen molar-refractivity contribution < 1.29 is 9.90 Å². The van der Waals surface area contributed by atoms with Crippen LogP contribution in [0.5, 0.6) is 0 Å². The first-order valence-corrected chi connectivity index (χ1v) is 5.95. The highest BCUT2D eigenvalue weighted by Gasteiger charge is 2.14. The van der Waals surface area contributed by atoms with Crippen LogP contribution in [-0.2, 0) is 6.54 Å². The van der Waals surface area contributed by atoms with Gasteiger partial charge in [-0.05, 0) is 18.6 Å². The summed E-state index contributed by atoms with van der Waals surface area (Å²) in [7, 11) is 0. The van der Waals surface area contributed by atoms with Crippen molar-refractivity contribution in [2.24, 2.45) is 0 Å². The summed E-state index contributed by atoms with van der Waals surface area (Å²) in [5, 5.41) is 13.9. The van der Waals surface area contributed by atoms with Crippen LogP contribution in [0.25, 0.3) is 0 Å². The number of carboxylic acids is 1. The van der Waals surface area contributed by atoms with Crippen LogP contribution < -0.4 is 0 Å². The minimum absolute atomic E-state index is 0.188. The minimum atomic E-state index is -0.990. The van der Waals surface area contributed by atoms with Gasteiger partial charge in [0.15, 0.2) is 0 Å². The van der Waals surface area contributed by atoms with Gasteiger partial charge in [0.2, 0.25) is 0 Å². The van der Waals surface area contributed by atoms with Crippen LogP contribution in [0.2, 0.25) is 10.0 Å². The molecule has 0 radical (unpaired) electrons. The molecule has 0 unspecified atom stereocenters. The lowest BCUT2D eigenvalue weighted by Crippen LogP contribution is -2.06. The van der Waals surface area contributed by atoms with E-state index in [1.165, 1.54) is 6.20 Å². The molecule has 0 saturated heterocycles. The second kappa shape index (κ2) is 5.00. The van der Waals surface area contributed by atoms with Gasteiger partial charge in [0.25, 0.3) is 0 Å². The number of aromatic carboxylic acids is 1. The molecule has 2 aromatic rings. The van der Waals surface area contributed by atoms with Crippen molar-refractivity contribution in [1.29, 1.82) is 0 Å². The SMILES string of the molecule is Cc1c(C(=O)O)cnn1Cc1cccc(Cl)c1Cl. The van der Waals surface area contributed by atoms with Crippen molar-refractivity contribution in [3.63, 3.8) is 0 Å². The fourth-order valence-electron chi connectivity index (χ4n) is 1.65. The lowest BCUT2D eigenvalue weighted by molar-refractivity contribution is 0.0696. The van der Waals surface area contributed by atoms with Crippen molar-refractivity contribution in [1.82, 2.24) is 9.78 Å². The Morgan fingerprint density at radius 1 is 1.44 bits per heavy atom. The molecule has 1 aromatic heterocycles. The standard InChI is InChI=1S/C12H10Cl2N2O2/c1-7-9(12(17)18)5-15-16(7)6-8-3-2-4-10(13)11(8)14/h2-5H,6H2,1H3,(H,17,18). The van der Waals surface area contributed by atoms with Gasteiger partial charge >= 0.3 is 5.97 Å². The Bertz CT molecular complexity index is 608. The predicted octanol–water partition coefficient (Wildman–Crippen LogP) is 3.24. The normalized spacial score (nSPS) is 10.6. The third-order valence-corrected chi connectivity index (χ3v) is 3.54. The van der Waals surface area contributed by atoms with Crippen LogP contribution in [0, 0.1) is 6.92 Å². The Morgan fingerprint density at radius 3 is 2.78 bits per heavy atom. The summed E-state index contributed by atoms with van der Waals surface area (Å²) in [6.45, 7) is 2.09. The highest BCUT2D eigenvalue weighted by Crippen LogP contribution is 2.26. The van der Waals surface area contributed by atoms with Crippen LogP contribution >= 0.6 is 23.2 Å². The molecular formula is C12H10Cl2N2O2. The van der Waals surface area contributed by atoms with E-state index in [-0.39, 0.29) is 5.56 Å². The summed E-state index contributed by atoms with van der Waals surface area (Å²) in [4.78, 5) is 10.9. The van der Waals surface area contributed by atoms with E-state index >= 15 is 0 Å². The van der Waals surface area contributed by atoms with Gasteiger partial charge in [0, 0.05) is 0 Å². The van der Waals surface area contributed by atoms with Crippen LogP contribution in [0.3, 0.4) is 0 Å². The van der Waals surface area contributed by atoms with Gasteiger partial charge in [-0.1, -0.05) is 35.3 Å². The number of hydrogen-bond donors (Lipinski definition) is 1. The topological polar surface area (TPSA) is 55.1 Å². The number of carboxylic acid groups (broad SMARTS) is 1. The first-order valence-electron chi connectivity index (χ1n) is 5.19. The smallest absolute Gasteiger partial charge is 0.339 e. The van der Waals surface area contributed by atoms with Gasteiger partial charge in [-0.25, -0.2) is 4.79 Å². The summed E-state index contributed by atoms with van der Waals surface area (Å²) in [5.74, 6) is -0.990. The second-order valence-electron chi connectivity index (χ2n) is 3.82. The monoisotopic (exact) mass is 284 g/mol. The van der Waals surface area contributed by atoms with Gasteiger partial charge in [0.1, 0.15) is 5.56 Å². The summed E-state index contributed by atoms with van der Waals surface area (Å²) < 4.78 is 1.58. The zero-order chi connectivity index (χ0) is 13.3. The average molecular weight is 285 g/mol. The highest BCUT2D eigenvalue weighted by atomic mass is 35.5. The largest absolute Gasteiger partial charge is 0.478 e. The van der Waals surface area contributed by atoms with E-state index in [4.69, 9.17) is 28.3 Å². The molecule has 1 heterocycles. The number of benzene rings is 1. The molecule has 0 aliphatic rings. The van der Waals surface area contributed by atoms with Gasteiger partial charge in [0.05, 0.1) is 28.5 Å². The first-order chi connectivity index (χ1) is 8.50. The third-order valence-electron chi connectivity index (χ3n) is 2.69. The highest BCUT2D eigenvalue weighted by molar-refractivity contribution is 6.42. The molecule has 0 amide bonds. The first kappa shape index (κ1) is 12.9. The van der Waals surface area contributed by atoms with Crippen LogP contribution in [0.4, 0.5) is 0 Å². The molecule has 6 heteroatoms. The van der Waals surface area contributed by atoms with Crippen LogP contribution in [-0.4, -0.2) is 20.9 Å². The fraction of sp³-hybridized carbons (Fsp3) is 0.167. The van der Waals surface area contributed by atoms with E-state index in [2.05, 4.69) is 5.10 Å². The van der Waals surface area contributed by atoms with Crippen LogP contribution in [0.1, 0.15) is 21.6 Å². The van der Waals surface area contributed by atoms with E-state index in [9.17, 15) is 4.79 Å². The molecule has 0 saturated carbocycles. The van der Waals surface area contributed by atoms with Crippen molar-refractivity contribution >= 4 is 29.2 Å². The maximum Gasteiger partial charge on any atom is 0.339 e. The van der Waals surface area contributed by atoms with E-state index in [0.717, 1.165) is 5.56 Å². The molecule has 18 heavy (non-hydrogen) atoms. The molecule has 0 aliphatic heterocycles. The second-order valence-corrected chi connectivity index (χ2v) is 4.60. The van der Waals surface area contributed by atoms with E-state index < -0.39 is 5.97 Å². The Labute approximate surface area is 114 Å². The summed E-state index contributed by atoms with van der Waals surface area (Å²) in [6.07, 6.45) is 1.33. The summed E-state index contributed by atoms with van der Waals surface area (Å²) in [5.41, 5.74) is 1.57. The average Bonchev–Trinajstić information content (AvgIpc) is 2.67.